The third-order valence-corrected chi connectivity index (χ3v) is 6.13. The van der Waals surface area contributed by atoms with E-state index in [0.29, 0.717) is 17.7 Å². The zero-order valence-electron chi connectivity index (χ0n) is 16.6. The first-order valence-electron chi connectivity index (χ1n) is 10.2. The van der Waals surface area contributed by atoms with Crippen molar-refractivity contribution in [1.82, 2.24) is 0 Å². The minimum atomic E-state index is -0.562. The normalized spacial score (nSPS) is 25.4. The Bertz CT molecular complexity index is 848. The summed E-state index contributed by atoms with van der Waals surface area (Å²) in [6.45, 7) is 1.89. The van der Waals surface area contributed by atoms with Crippen molar-refractivity contribution in [3.8, 4) is 5.75 Å². The Morgan fingerprint density at radius 3 is 2.68 bits per heavy atom. The zero-order valence-corrected chi connectivity index (χ0v) is 16.6. The number of hydrogen-bond donors (Lipinski definition) is 0. The van der Waals surface area contributed by atoms with Crippen LogP contribution in [0, 0.1) is 5.92 Å². The van der Waals surface area contributed by atoms with Gasteiger partial charge in [-0.25, -0.2) is 0 Å². The van der Waals surface area contributed by atoms with Gasteiger partial charge in [0.05, 0.1) is 7.11 Å². The standard InChI is InChI=1S/C23H27NO4/c1-14-20(23(26)28-16-8-3-4-9-16)21(15-7-5-10-17(13-15)27-2)22-18(24-14)11-6-12-19(22)25/h5,7,10,13,16,20-21H,3-4,6,8-9,11-12H2,1-2H3/t20?,21-/m1/s1. The van der Waals surface area contributed by atoms with Crippen LogP contribution < -0.4 is 4.74 Å². The zero-order chi connectivity index (χ0) is 19.7. The molecule has 148 valence electrons. The summed E-state index contributed by atoms with van der Waals surface area (Å²) >= 11 is 0. The van der Waals surface area contributed by atoms with Crippen LogP contribution in [0.4, 0.5) is 0 Å². The topological polar surface area (TPSA) is 65.0 Å². The van der Waals surface area contributed by atoms with Crippen molar-refractivity contribution < 1.29 is 19.1 Å². The van der Waals surface area contributed by atoms with Gasteiger partial charge in [-0.1, -0.05) is 12.1 Å². The van der Waals surface area contributed by atoms with Gasteiger partial charge in [-0.3, -0.25) is 14.6 Å². The summed E-state index contributed by atoms with van der Waals surface area (Å²) in [5, 5.41) is 0. The van der Waals surface area contributed by atoms with Crippen LogP contribution in [0.1, 0.15) is 63.4 Å². The largest absolute Gasteiger partial charge is 0.497 e. The van der Waals surface area contributed by atoms with Crippen LogP contribution in [0.5, 0.6) is 5.75 Å². The van der Waals surface area contributed by atoms with Crippen LogP contribution in [0.25, 0.3) is 0 Å². The van der Waals surface area contributed by atoms with E-state index >= 15 is 0 Å². The fourth-order valence-corrected chi connectivity index (χ4v) is 4.75. The maximum atomic E-state index is 13.2. The third-order valence-electron chi connectivity index (χ3n) is 6.13. The van der Waals surface area contributed by atoms with E-state index in [2.05, 4.69) is 0 Å². The molecule has 0 N–H and O–H groups in total. The number of benzene rings is 1. The maximum absolute atomic E-state index is 13.2. The van der Waals surface area contributed by atoms with Crippen LogP contribution in [0.15, 0.2) is 40.5 Å². The highest BCUT2D eigenvalue weighted by Crippen LogP contribution is 2.44. The van der Waals surface area contributed by atoms with Gasteiger partial charge in [0.2, 0.25) is 0 Å². The summed E-state index contributed by atoms with van der Waals surface area (Å²) in [6.07, 6.45) is 6.14. The lowest BCUT2D eigenvalue weighted by Gasteiger charge is -2.35. The number of Topliss-reactive ketones (excluding diaryl/α,β-unsaturated/α-hetero) is 1. The molecule has 1 fully saturated rings. The Labute approximate surface area is 165 Å². The molecule has 2 aliphatic carbocycles. The number of carbonyl (C=O) groups excluding carboxylic acids is 2. The van der Waals surface area contributed by atoms with Crippen molar-refractivity contribution in [3.05, 3.63) is 41.1 Å². The van der Waals surface area contributed by atoms with Gasteiger partial charge in [0, 0.05) is 29.3 Å². The van der Waals surface area contributed by atoms with Crippen molar-refractivity contribution in [2.24, 2.45) is 10.9 Å². The molecule has 0 amide bonds. The Hall–Kier alpha value is -2.43. The molecule has 1 heterocycles. The first-order valence-corrected chi connectivity index (χ1v) is 10.2. The SMILES string of the molecule is COc1cccc([C@H]2C3=C(CCCC3=O)N=C(C)C2C(=O)OC2CCCC2)c1. The Morgan fingerprint density at radius 1 is 1.14 bits per heavy atom. The van der Waals surface area contributed by atoms with E-state index in [9.17, 15) is 9.59 Å². The molecule has 0 aromatic heterocycles. The van der Waals surface area contributed by atoms with Crippen LogP contribution in [0.3, 0.4) is 0 Å². The summed E-state index contributed by atoms with van der Waals surface area (Å²) in [6, 6.07) is 7.67. The molecule has 1 aliphatic heterocycles. The maximum Gasteiger partial charge on any atom is 0.315 e. The molecule has 5 nitrogen and oxygen atoms in total. The smallest absolute Gasteiger partial charge is 0.315 e. The summed E-state index contributed by atoms with van der Waals surface area (Å²) in [4.78, 5) is 30.8. The van der Waals surface area contributed by atoms with Crippen molar-refractivity contribution in [3.63, 3.8) is 0 Å². The number of hydrogen-bond acceptors (Lipinski definition) is 5. The molecule has 0 bridgehead atoms. The summed E-state index contributed by atoms with van der Waals surface area (Å²) < 4.78 is 11.3. The molecule has 1 aromatic carbocycles. The summed E-state index contributed by atoms with van der Waals surface area (Å²) in [7, 11) is 1.62. The number of carbonyl (C=O) groups is 2. The highest BCUT2D eigenvalue weighted by atomic mass is 16.5. The van der Waals surface area contributed by atoms with Gasteiger partial charge in [-0.15, -0.1) is 0 Å². The molecule has 0 saturated heterocycles. The number of ether oxygens (including phenoxy) is 2. The van der Waals surface area contributed by atoms with E-state index in [1.54, 1.807) is 7.11 Å². The first-order chi connectivity index (χ1) is 13.6. The van der Waals surface area contributed by atoms with Gasteiger partial charge >= 0.3 is 5.97 Å². The molecule has 0 radical (unpaired) electrons. The molecule has 3 aliphatic rings. The molecule has 5 heteroatoms. The lowest BCUT2D eigenvalue weighted by Crippen LogP contribution is -2.38. The van der Waals surface area contributed by atoms with Crippen molar-refractivity contribution in [1.29, 1.82) is 0 Å². The fraction of sp³-hybridized carbons (Fsp3) is 0.522. The Morgan fingerprint density at radius 2 is 1.93 bits per heavy atom. The second-order valence-corrected chi connectivity index (χ2v) is 7.97. The van der Waals surface area contributed by atoms with E-state index in [1.165, 1.54) is 0 Å². The second-order valence-electron chi connectivity index (χ2n) is 7.97. The summed E-state index contributed by atoms with van der Waals surface area (Å²) in [5.41, 5.74) is 3.18. The number of ketones is 1. The van der Waals surface area contributed by atoms with E-state index in [0.717, 1.165) is 55.5 Å². The van der Waals surface area contributed by atoms with Gasteiger partial charge in [0.15, 0.2) is 5.78 Å². The average Bonchev–Trinajstić information content (AvgIpc) is 3.20. The monoisotopic (exact) mass is 381 g/mol. The number of esters is 1. The molecular formula is C23H27NO4. The van der Waals surface area contributed by atoms with Gasteiger partial charge in [-0.2, -0.15) is 0 Å². The number of rotatable bonds is 4. The van der Waals surface area contributed by atoms with Gasteiger partial charge in [0.25, 0.3) is 0 Å². The first kappa shape index (κ1) is 18.9. The number of nitrogens with zero attached hydrogens (tertiary/aromatic N) is 1. The molecule has 28 heavy (non-hydrogen) atoms. The average molecular weight is 381 g/mol. The van der Waals surface area contributed by atoms with Gasteiger partial charge in [-0.05, 0) is 63.1 Å². The molecule has 1 saturated carbocycles. The predicted octanol–water partition coefficient (Wildman–Crippen LogP) is 4.36. The molecular weight excluding hydrogens is 354 g/mol. The molecule has 4 rings (SSSR count). The number of allylic oxidation sites excluding steroid dienone is 2. The van der Waals surface area contributed by atoms with E-state index in [1.807, 2.05) is 31.2 Å². The van der Waals surface area contributed by atoms with Crippen molar-refractivity contribution >= 4 is 17.5 Å². The quantitative estimate of drug-likeness (QED) is 0.727. The van der Waals surface area contributed by atoms with Crippen LogP contribution in [-0.4, -0.2) is 30.7 Å². The minimum Gasteiger partial charge on any atom is -0.497 e. The van der Waals surface area contributed by atoms with Gasteiger partial charge < -0.3 is 9.47 Å². The third kappa shape index (κ3) is 3.50. The second kappa shape index (κ2) is 7.90. The van der Waals surface area contributed by atoms with Crippen LogP contribution in [0.2, 0.25) is 0 Å². The highest BCUT2D eigenvalue weighted by molar-refractivity contribution is 6.08. The fourth-order valence-electron chi connectivity index (χ4n) is 4.75. The summed E-state index contributed by atoms with van der Waals surface area (Å²) in [5.74, 6) is -0.362. The highest BCUT2D eigenvalue weighted by Gasteiger charge is 2.43. The van der Waals surface area contributed by atoms with E-state index < -0.39 is 5.92 Å². The van der Waals surface area contributed by atoms with Crippen LogP contribution in [-0.2, 0) is 14.3 Å². The van der Waals surface area contributed by atoms with Crippen molar-refractivity contribution in [2.75, 3.05) is 7.11 Å². The van der Waals surface area contributed by atoms with Crippen LogP contribution >= 0.6 is 0 Å². The predicted molar refractivity (Wildman–Crippen MR) is 107 cm³/mol. The van der Waals surface area contributed by atoms with E-state index in [-0.39, 0.29) is 23.8 Å². The molecule has 1 aromatic rings. The Kier molecular flexibility index (Phi) is 5.33. The number of aliphatic imine (C=N–C) groups is 1. The lowest BCUT2D eigenvalue weighted by atomic mass is 9.71. The molecule has 2 atom stereocenters. The minimum absolute atomic E-state index is 0.0105. The number of methoxy groups -OCH3 is 1. The Balaban J connectivity index is 1.76. The van der Waals surface area contributed by atoms with E-state index in [4.69, 9.17) is 14.5 Å². The lowest BCUT2D eigenvalue weighted by molar-refractivity contribution is -0.151. The molecule has 0 spiro atoms. The molecule has 1 unspecified atom stereocenters. The van der Waals surface area contributed by atoms with Gasteiger partial charge in [0.1, 0.15) is 17.8 Å². The van der Waals surface area contributed by atoms with Crippen molar-refractivity contribution in [2.45, 2.75) is 63.9 Å².